The minimum absolute atomic E-state index is 0.222. The molecule has 0 aromatic heterocycles. The van der Waals surface area contributed by atoms with Gasteiger partial charge in [-0.15, -0.1) is 0 Å². The molecule has 0 aliphatic rings. The number of nitrogens with zero attached hydrogens (tertiary/aromatic N) is 1. The van der Waals surface area contributed by atoms with Crippen molar-refractivity contribution in [1.82, 2.24) is 4.90 Å². The van der Waals surface area contributed by atoms with E-state index >= 15 is 0 Å². The van der Waals surface area contributed by atoms with E-state index in [-0.39, 0.29) is 18.4 Å². The number of carbonyl (C=O) groups excluding carboxylic acids is 2. The summed E-state index contributed by atoms with van der Waals surface area (Å²) in [6.45, 7) is 2.28. The van der Waals surface area contributed by atoms with Crippen LogP contribution in [0.15, 0.2) is 48.5 Å². The monoisotopic (exact) mass is 379 g/mol. The predicted molar refractivity (Wildman–Crippen MR) is 98.8 cm³/mol. The molecule has 0 aliphatic carbocycles. The minimum atomic E-state index is -0.455. The number of hydrogen-bond donors (Lipinski definition) is 0. The van der Waals surface area contributed by atoms with Crippen molar-refractivity contribution in [2.45, 2.75) is 13.5 Å². The van der Waals surface area contributed by atoms with Crippen LogP contribution in [0.1, 0.15) is 22.8 Å². The van der Waals surface area contributed by atoms with E-state index in [1.165, 1.54) is 7.11 Å². The molecular weight excluding hydrogens is 361 g/mol. The summed E-state index contributed by atoms with van der Waals surface area (Å²) in [4.78, 5) is 26.3. The first-order chi connectivity index (χ1) is 11.9. The lowest BCUT2D eigenvalue weighted by molar-refractivity contribution is -0.145. The molecule has 0 bridgehead atoms. The van der Waals surface area contributed by atoms with E-state index in [1.807, 2.05) is 12.1 Å². The zero-order chi connectivity index (χ0) is 18.4. The van der Waals surface area contributed by atoms with Gasteiger partial charge in [-0.25, -0.2) is 0 Å². The van der Waals surface area contributed by atoms with Crippen molar-refractivity contribution in [3.8, 4) is 0 Å². The van der Waals surface area contributed by atoms with E-state index in [0.717, 1.165) is 5.56 Å². The van der Waals surface area contributed by atoms with Gasteiger partial charge in [-0.2, -0.15) is 0 Å². The molecule has 2 aromatic carbocycles. The molecule has 0 spiro atoms. The maximum Gasteiger partial charge on any atom is 0.310 e. The lowest BCUT2D eigenvalue weighted by Gasteiger charge is -2.25. The molecule has 0 N–H and O–H groups in total. The maximum absolute atomic E-state index is 12.9. The van der Waals surface area contributed by atoms with E-state index < -0.39 is 5.92 Å². The summed E-state index contributed by atoms with van der Waals surface area (Å²) < 4.78 is 4.77. The Kier molecular flexibility index (Phi) is 6.85. The zero-order valence-electron chi connectivity index (χ0n) is 14.0. The molecule has 1 atom stereocenters. The highest BCUT2D eigenvalue weighted by molar-refractivity contribution is 6.33. The number of hydrogen-bond acceptors (Lipinski definition) is 3. The summed E-state index contributed by atoms with van der Waals surface area (Å²) in [5.41, 5.74) is 1.30. The molecule has 0 saturated carbocycles. The fraction of sp³-hybridized carbons (Fsp3) is 0.263. The van der Waals surface area contributed by atoms with Crippen molar-refractivity contribution >= 4 is 35.1 Å². The van der Waals surface area contributed by atoms with Gasteiger partial charge in [-0.05, 0) is 29.8 Å². The molecule has 25 heavy (non-hydrogen) atoms. The van der Waals surface area contributed by atoms with Gasteiger partial charge < -0.3 is 9.64 Å². The molecule has 2 aromatic rings. The fourth-order valence-electron chi connectivity index (χ4n) is 2.44. The Morgan fingerprint density at radius 3 is 2.32 bits per heavy atom. The van der Waals surface area contributed by atoms with Crippen molar-refractivity contribution in [1.29, 1.82) is 0 Å². The van der Waals surface area contributed by atoms with Crippen LogP contribution in [0.2, 0.25) is 10.0 Å². The Bertz CT molecular complexity index is 747. The van der Waals surface area contributed by atoms with Crippen LogP contribution in [0.4, 0.5) is 0 Å². The van der Waals surface area contributed by atoms with Gasteiger partial charge in [0.25, 0.3) is 5.91 Å². The van der Waals surface area contributed by atoms with E-state index in [0.29, 0.717) is 22.2 Å². The third-order valence-corrected chi connectivity index (χ3v) is 4.36. The molecule has 0 fully saturated rings. The molecule has 6 heteroatoms. The Morgan fingerprint density at radius 2 is 1.72 bits per heavy atom. The molecule has 1 amide bonds. The number of ether oxygens (including phenoxy) is 1. The van der Waals surface area contributed by atoms with Crippen molar-refractivity contribution in [3.63, 3.8) is 0 Å². The van der Waals surface area contributed by atoms with Crippen LogP contribution in [0, 0.1) is 5.92 Å². The lowest BCUT2D eigenvalue weighted by Crippen LogP contribution is -2.37. The van der Waals surface area contributed by atoms with Crippen LogP contribution in [-0.2, 0) is 16.1 Å². The van der Waals surface area contributed by atoms with Crippen LogP contribution in [0.5, 0.6) is 0 Å². The van der Waals surface area contributed by atoms with Gasteiger partial charge in [-0.1, -0.05) is 54.4 Å². The molecule has 0 radical (unpaired) electrons. The highest BCUT2D eigenvalue weighted by Crippen LogP contribution is 2.20. The summed E-state index contributed by atoms with van der Waals surface area (Å²) in [5.74, 6) is -1.06. The third-order valence-electron chi connectivity index (χ3n) is 3.78. The summed E-state index contributed by atoms with van der Waals surface area (Å²) in [6.07, 6.45) is 0. The Labute approximate surface area is 157 Å². The number of esters is 1. The van der Waals surface area contributed by atoms with Gasteiger partial charge in [0.2, 0.25) is 0 Å². The second-order valence-corrected chi connectivity index (χ2v) is 6.56. The third kappa shape index (κ3) is 5.21. The van der Waals surface area contributed by atoms with E-state index in [4.69, 9.17) is 27.9 Å². The van der Waals surface area contributed by atoms with Gasteiger partial charge in [0, 0.05) is 18.1 Å². The van der Waals surface area contributed by atoms with E-state index in [1.54, 1.807) is 48.2 Å². The van der Waals surface area contributed by atoms with Crippen LogP contribution in [0.3, 0.4) is 0 Å². The highest BCUT2D eigenvalue weighted by atomic mass is 35.5. The van der Waals surface area contributed by atoms with Crippen LogP contribution in [-0.4, -0.2) is 30.4 Å². The smallest absolute Gasteiger partial charge is 0.310 e. The number of benzene rings is 2. The number of methoxy groups -OCH3 is 1. The normalized spacial score (nSPS) is 11.7. The molecule has 0 aliphatic heterocycles. The zero-order valence-corrected chi connectivity index (χ0v) is 15.6. The number of halogens is 2. The average molecular weight is 380 g/mol. The number of carbonyl (C=O) groups is 2. The molecule has 4 nitrogen and oxygen atoms in total. The standard InChI is InChI=1S/C19H19Cl2NO3/c1-13(19(24)25-2)11-22(12-14-7-9-15(20)10-8-14)18(23)16-5-3-4-6-17(16)21/h3-10,13H,11-12H2,1-2H3. The molecule has 2 rings (SSSR count). The lowest BCUT2D eigenvalue weighted by atomic mass is 10.1. The quantitative estimate of drug-likeness (QED) is 0.696. The van der Waals surface area contributed by atoms with Crippen LogP contribution < -0.4 is 0 Å². The Hall–Kier alpha value is -2.04. The van der Waals surface area contributed by atoms with Crippen molar-refractivity contribution in [2.24, 2.45) is 5.92 Å². The van der Waals surface area contributed by atoms with Gasteiger partial charge in [0.1, 0.15) is 0 Å². The van der Waals surface area contributed by atoms with E-state index in [2.05, 4.69) is 0 Å². The number of amides is 1. The first kappa shape index (κ1) is 19.3. The minimum Gasteiger partial charge on any atom is -0.469 e. The molecule has 132 valence electrons. The second-order valence-electron chi connectivity index (χ2n) is 5.72. The SMILES string of the molecule is COC(=O)C(C)CN(Cc1ccc(Cl)cc1)C(=O)c1ccccc1Cl. The van der Waals surface area contributed by atoms with Crippen LogP contribution in [0.25, 0.3) is 0 Å². The highest BCUT2D eigenvalue weighted by Gasteiger charge is 2.24. The molecule has 1 unspecified atom stereocenters. The Morgan fingerprint density at radius 1 is 1.08 bits per heavy atom. The Balaban J connectivity index is 2.27. The number of rotatable bonds is 6. The summed E-state index contributed by atoms with van der Waals surface area (Å²) in [7, 11) is 1.33. The summed E-state index contributed by atoms with van der Waals surface area (Å²) in [5, 5.41) is 0.995. The van der Waals surface area contributed by atoms with Crippen molar-refractivity contribution in [3.05, 3.63) is 69.7 Å². The predicted octanol–water partition coefficient (Wildman–Crippen LogP) is 4.44. The van der Waals surface area contributed by atoms with Gasteiger partial charge in [0.15, 0.2) is 0 Å². The van der Waals surface area contributed by atoms with E-state index in [9.17, 15) is 9.59 Å². The first-order valence-corrected chi connectivity index (χ1v) is 8.54. The van der Waals surface area contributed by atoms with Crippen molar-refractivity contribution < 1.29 is 14.3 Å². The molecular formula is C19H19Cl2NO3. The summed E-state index contributed by atoms with van der Waals surface area (Å²) in [6, 6.07) is 14.1. The van der Waals surface area contributed by atoms with Crippen LogP contribution >= 0.6 is 23.2 Å². The van der Waals surface area contributed by atoms with Gasteiger partial charge in [0.05, 0.1) is 23.6 Å². The maximum atomic E-state index is 12.9. The van der Waals surface area contributed by atoms with Crippen molar-refractivity contribution in [2.75, 3.05) is 13.7 Å². The largest absolute Gasteiger partial charge is 0.469 e. The topological polar surface area (TPSA) is 46.6 Å². The molecule has 0 saturated heterocycles. The average Bonchev–Trinajstić information content (AvgIpc) is 2.62. The second kappa shape index (κ2) is 8.88. The molecule has 0 heterocycles. The van der Waals surface area contributed by atoms with Gasteiger partial charge >= 0.3 is 5.97 Å². The fourth-order valence-corrected chi connectivity index (χ4v) is 2.78. The van der Waals surface area contributed by atoms with Gasteiger partial charge in [-0.3, -0.25) is 9.59 Å². The first-order valence-electron chi connectivity index (χ1n) is 7.78. The summed E-state index contributed by atoms with van der Waals surface area (Å²) >= 11 is 12.1.